The summed E-state index contributed by atoms with van der Waals surface area (Å²) in [6, 6.07) is 8.09. The summed E-state index contributed by atoms with van der Waals surface area (Å²) in [5, 5.41) is 8.87. The Morgan fingerprint density at radius 1 is 1.28 bits per heavy atom. The molecule has 1 aromatic carbocycles. The number of benzene rings is 1. The first-order chi connectivity index (χ1) is 8.34. The molecule has 18 heavy (non-hydrogen) atoms. The van der Waals surface area contributed by atoms with Crippen LogP contribution < -0.4 is 0 Å². The van der Waals surface area contributed by atoms with Crippen molar-refractivity contribution in [1.82, 2.24) is 0 Å². The van der Waals surface area contributed by atoms with Crippen molar-refractivity contribution in [1.29, 1.82) is 0 Å². The van der Waals surface area contributed by atoms with Crippen LogP contribution in [0, 0.1) is 5.92 Å². The number of rotatable bonds is 6. The molecule has 0 bridgehead atoms. The average Bonchev–Trinajstić information content (AvgIpc) is 2.31. The van der Waals surface area contributed by atoms with E-state index < -0.39 is 5.97 Å². The molecule has 0 saturated carbocycles. The van der Waals surface area contributed by atoms with Gasteiger partial charge in [-0.1, -0.05) is 31.2 Å². The van der Waals surface area contributed by atoms with Gasteiger partial charge in [0.15, 0.2) is 0 Å². The number of ether oxygens (including phenoxy) is 1. The number of methoxy groups -OCH3 is 1. The number of hydrogen-bond donors (Lipinski definition) is 1. The van der Waals surface area contributed by atoms with Crippen LogP contribution in [-0.4, -0.2) is 23.8 Å². The van der Waals surface area contributed by atoms with Gasteiger partial charge in [0.25, 0.3) is 0 Å². The molecule has 0 aliphatic carbocycles. The zero-order valence-electron chi connectivity index (χ0n) is 11.6. The van der Waals surface area contributed by atoms with Gasteiger partial charge in [0.1, 0.15) is 0 Å². The van der Waals surface area contributed by atoms with Gasteiger partial charge in [0, 0.05) is 13.5 Å². The Morgan fingerprint density at radius 2 is 1.78 bits per heavy atom. The van der Waals surface area contributed by atoms with Crippen molar-refractivity contribution in [2.75, 3.05) is 7.11 Å². The van der Waals surface area contributed by atoms with Crippen molar-refractivity contribution in [3.8, 4) is 0 Å². The smallest absolute Gasteiger partial charge is 0.306 e. The third kappa shape index (κ3) is 4.49. The van der Waals surface area contributed by atoms with E-state index in [1.54, 1.807) is 14.0 Å². The molecule has 0 heterocycles. The molecule has 3 heteroatoms. The highest BCUT2D eigenvalue weighted by molar-refractivity contribution is 5.69. The van der Waals surface area contributed by atoms with Crippen LogP contribution in [0.15, 0.2) is 24.3 Å². The van der Waals surface area contributed by atoms with Gasteiger partial charge in [-0.15, -0.1) is 0 Å². The average molecular weight is 250 g/mol. The molecule has 0 spiro atoms. The van der Waals surface area contributed by atoms with Gasteiger partial charge in [-0.3, -0.25) is 4.79 Å². The monoisotopic (exact) mass is 250 g/mol. The minimum Gasteiger partial charge on any atom is -0.481 e. The largest absolute Gasteiger partial charge is 0.481 e. The molecule has 1 N–H and O–H groups in total. The van der Waals surface area contributed by atoms with E-state index in [9.17, 15) is 4.79 Å². The molecular formula is C15H22O3. The quantitative estimate of drug-likeness (QED) is 0.844. The van der Waals surface area contributed by atoms with Crippen LogP contribution in [0.25, 0.3) is 0 Å². The summed E-state index contributed by atoms with van der Waals surface area (Å²) in [6.07, 6.45) is 1.42. The highest BCUT2D eigenvalue weighted by atomic mass is 16.5. The molecule has 3 nitrogen and oxygen atoms in total. The second kappa shape index (κ2) is 6.01. The number of carbonyl (C=O) groups is 1. The summed E-state index contributed by atoms with van der Waals surface area (Å²) in [5.74, 6) is -1.09. The molecule has 1 atom stereocenters. The zero-order chi connectivity index (χ0) is 13.8. The van der Waals surface area contributed by atoms with Crippen molar-refractivity contribution in [3.63, 3.8) is 0 Å². The van der Waals surface area contributed by atoms with Gasteiger partial charge in [-0.25, -0.2) is 0 Å². The molecule has 1 unspecified atom stereocenters. The molecule has 0 radical (unpaired) electrons. The minimum atomic E-state index is -0.750. The standard InChI is InChI=1S/C15H22O3/c1-11(14(16)17)9-12-5-7-13(8-6-12)10-15(2,3)18-4/h5-8,11H,9-10H2,1-4H3,(H,16,17). The highest BCUT2D eigenvalue weighted by Gasteiger charge is 2.17. The number of aliphatic carboxylic acids is 1. The predicted molar refractivity (Wildman–Crippen MR) is 71.7 cm³/mol. The molecule has 100 valence electrons. The van der Waals surface area contributed by atoms with E-state index in [1.165, 1.54) is 5.56 Å². The van der Waals surface area contributed by atoms with E-state index in [1.807, 2.05) is 38.1 Å². The topological polar surface area (TPSA) is 46.5 Å². The lowest BCUT2D eigenvalue weighted by Gasteiger charge is -2.23. The summed E-state index contributed by atoms with van der Waals surface area (Å²) in [5.41, 5.74) is 2.09. The lowest BCUT2D eigenvalue weighted by atomic mass is 9.95. The van der Waals surface area contributed by atoms with Crippen LogP contribution in [0.1, 0.15) is 31.9 Å². The van der Waals surface area contributed by atoms with E-state index >= 15 is 0 Å². The van der Waals surface area contributed by atoms with Gasteiger partial charge in [0.2, 0.25) is 0 Å². The van der Waals surface area contributed by atoms with Crippen molar-refractivity contribution in [2.24, 2.45) is 5.92 Å². The van der Waals surface area contributed by atoms with E-state index in [4.69, 9.17) is 9.84 Å². The SMILES string of the molecule is COC(C)(C)Cc1ccc(CC(C)C(=O)O)cc1. The van der Waals surface area contributed by atoms with E-state index in [-0.39, 0.29) is 11.5 Å². The minimum absolute atomic E-state index is 0.171. The van der Waals surface area contributed by atoms with Crippen molar-refractivity contribution in [3.05, 3.63) is 35.4 Å². The van der Waals surface area contributed by atoms with E-state index in [0.717, 1.165) is 12.0 Å². The number of hydrogen-bond acceptors (Lipinski definition) is 2. The van der Waals surface area contributed by atoms with Crippen LogP contribution >= 0.6 is 0 Å². The van der Waals surface area contributed by atoms with Crippen LogP contribution in [0.3, 0.4) is 0 Å². The molecule has 0 aliphatic rings. The molecule has 1 aromatic rings. The third-order valence-electron chi connectivity index (χ3n) is 3.17. The first-order valence-corrected chi connectivity index (χ1v) is 6.20. The summed E-state index contributed by atoms with van der Waals surface area (Å²) in [7, 11) is 1.71. The fourth-order valence-electron chi connectivity index (χ4n) is 1.80. The second-order valence-electron chi connectivity index (χ2n) is 5.40. The van der Waals surface area contributed by atoms with Crippen molar-refractivity contribution < 1.29 is 14.6 Å². The van der Waals surface area contributed by atoms with Gasteiger partial charge in [0.05, 0.1) is 11.5 Å². The summed E-state index contributed by atoms with van der Waals surface area (Å²) in [6.45, 7) is 5.82. The van der Waals surface area contributed by atoms with Gasteiger partial charge < -0.3 is 9.84 Å². The Labute approximate surface area is 109 Å². The first kappa shape index (κ1) is 14.7. The number of carboxylic acid groups (broad SMARTS) is 1. The summed E-state index contributed by atoms with van der Waals surface area (Å²) < 4.78 is 5.39. The zero-order valence-corrected chi connectivity index (χ0v) is 11.6. The number of carboxylic acids is 1. The van der Waals surface area contributed by atoms with Gasteiger partial charge in [-0.2, -0.15) is 0 Å². The van der Waals surface area contributed by atoms with E-state index in [2.05, 4.69) is 0 Å². The second-order valence-corrected chi connectivity index (χ2v) is 5.40. The van der Waals surface area contributed by atoms with E-state index in [0.29, 0.717) is 6.42 Å². The molecule has 0 saturated heterocycles. The maximum Gasteiger partial charge on any atom is 0.306 e. The Bertz CT molecular complexity index is 393. The van der Waals surface area contributed by atoms with Gasteiger partial charge >= 0.3 is 5.97 Å². The maximum atomic E-state index is 10.8. The lowest BCUT2D eigenvalue weighted by molar-refractivity contribution is -0.141. The Hall–Kier alpha value is -1.35. The lowest BCUT2D eigenvalue weighted by Crippen LogP contribution is -2.25. The maximum absolute atomic E-state index is 10.8. The molecule has 0 amide bonds. The van der Waals surface area contributed by atoms with Crippen molar-refractivity contribution >= 4 is 5.97 Å². The predicted octanol–water partition coefficient (Wildman–Crippen LogP) is 2.92. The van der Waals surface area contributed by atoms with Crippen LogP contribution in [-0.2, 0) is 22.4 Å². The Kier molecular flexibility index (Phi) is 4.91. The Morgan fingerprint density at radius 3 is 2.22 bits per heavy atom. The normalized spacial score (nSPS) is 13.3. The molecule has 0 aromatic heterocycles. The molecule has 0 fully saturated rings. The highest BCUT2D eigenvalue weighted by Crippen LogP contribution is 2.17. The molecule has 1 rings (SSSR count). The van der Waals surface area contributed by atoms with Crippen LogP contribution in [0.2, 0.25) is 0 Å². The fraction of sp³-hybridized carbons (Fsp3) is 0.533. The summed E-state index contributed by atoms with van der Waals surface area (Å²) in [4.78, 5) is 10.8. The third-order valence-corrected chi connectivity index (χ3v) is 3.17. The Balaban J connectivity index is 2.66. The molecular weight excluding hydrogens is 228 g/mol. The summed E-state index contributed by atoms with van der Waals surface area (Å²) >= 11 is 0. The van der Waals surface area contributed by atoms with Gasteiger partial charge in [-0.05, 0) is 31.4 Å². The van der Waals surface area contributed by atoms with Crippen LogP contribution in [0.4, 0.5) is 0 Å². The molecule has 0 aliphatic heterocycles. The van der Waals surface area contributed by atoms with Crippen molar-refractivity contribution in [2.45, 2.75) is 39.2 Å². The van der Waals surface area contributed by atoms with Crippen LogP contribution in [0.5, 0.6) is 0 Å². The first-order valence-electron chi connectivity index (χ1n) is 6.20. The fourth-order valence-corrected chi connectivity index (χ4v) is 1.80.